The molecule has 0 saturated carbocycles. The number of likely N-dealkylation sites (N-methyl/N-ethyl adjacent to an activating group) is 1. The summed E-state index contributed by atoms with van der Waals surface area (Å²) in [6.45, 7) is 3.73. The predicted octanol–water partition coefficient (Wildman–Crippen LogP) is 2.97. The molecule has 0 spiro atoms. The van der Waals surface area contributed by atoms with Gasteiger partial charge in [-0.1, -0.05) is 17.7 Å². The Morgan fingerprint density at radius 3 is 2.89 bits per heavy atom. The van der Waals surface area contributed by atoms with Crippen LogP contribution in [0.15, 0.2) is 18.2 Å². The molecule has 100 valence electrons. The van der Waals surface area contributed by atoms with Crippen molar-refractivity contribution in [2.24, 2.45) is 5.73 Å². The topological polar surface area (TPSA) is 38.5 Å². The minimum absolute atomic E-state index is 0.0139. The van der Waals surface area contributed by atoms with E-state index in [1.165, 1.54) is 0 Å². The molecule has 2 rings (SSSR count). The molecule has 1 fully saturated rings. The van der Waals surface area contributed by atoms with Crippen molar-refractivity contribution >= 4 is 17.3 Å². The van der Waals surface area contributed by atoms with Crippen LogP contribution in [0.4, 0.5) is 5.69 Å². The van der Waals surface area contributed by atoms with Gasteiger partial charge in [0.15, 0.2) is 0 Å². The van der Waals surface area contributed by atoms with E-state index in [1.54, 1.807) is 0 Å². The first kappa shape index (κ1) is 13.7. The van der Waals surface area contributed by atoms with Crippen LogP contribution in [0.25, 0.3) is 0 Å². The van der Waals surface area contributed by atoms with Crippen LogP contribution in [-0.4, -0.2) is 26.3 Å². The van der Waals surface area contributed by atoms with E-state index in [-0.39, 0.29) is 6.04 Å². The number of hydrogen-bond donors (Lipinski definition) is 1. The second kappa shape index (κ2) is 5.91. The maximum Gasteiger partial charge on any atom is 0.0750 e. The number of rotatable bonds is 4. The Morgan fingerprint density at radius 2 is 2.33 bits per heavy atom. The molecule has 2 atom stereocenters. The van der Waals surface area contributed by atoms with Crippen LogP contribution in [0.1, 0.15) is 31.4 Å². The molecule has 1 heterocycles. The highest BCUT2D eigenvalue weighted by atomic mass is 35.5. The molecule has 1 aliphatic rings. The van der Waals surface area contributed by atoms with Crippen molar-refractivity contribution in [3.05, 3.63) is 28.8 Å². The van der Waals surface area contributed by atoms with E-state index >= 15 is 0 Å². The van der Waals surface area contributed by atoms with Crippen LogP contribution in [0.2, 0.25) is 5.02 Å². The quantitative estimate of drug-likeness (QED) is 0.912. The smallest absolute Gasteiger partial charge is 0.0750 e. The first-order valence-electron chi connectivity index (χ1n) is 6.45. The fourth-order valence-electron chi connectivity index (χ4n) is 2.31. The molecule has 3 nitrogen and oxygen atoms in total. The van der Waals surface area contributed by atoms with Gasteiger partial charge in [-0.15, -0.1) is 0 Å². The summed E-state index contributed by atoms with van der Waals surface area (Å²) >= 11 is 6.32. The van der Waals surface area contributed by atoms with Gasteiger partial charge < -0.3 is 15.4 Å². The van der Waals surface area contributed by atoms with Gasteiger partial charge >= 0.3 is 0 Å². The monoisotopic (exact) mass is 268 g/mol. The van der Waals surface area contributed by atoms with Gasteiger partial charge in [-0.3, -0.25) is 0 Å². The van der Waals surface area contributed by atoms with E-state index in [2.05, 4.69) is 11.9 Å². The Labute approximate surface area is 114 Å². The van der Waals surface area contributed by atoms with E-state index in [0.29, 0.717) is 6.10 Å². The molecule has 1 unspecified atom stereocenters. The number of ether oxygens (including phenoxy) is 1. The van der Waals surface area contributed by atoms with Crippen molar-refractivity contribution in [3.63, 3.8) is 0 Å². The maximum absolute atomic E-state index is 6.32. The van der Waals surface area contributed by atoms with Crippen LogP contribution in [0.3, 0.4) is 0 Å². The van der Waals surface area contributed by atoms with E-state index in [4.69, 9.17) is 22.1 Å². The van der Waals surface area contributed by atoms with Crippen LogP contribution >= 0.6 is 11.6 Å². The van der Waals surface area contributed by atoms with Crippen molar-refractivity contribution in [2.75, 3.05) is 25.1 Å². The second-order valence-electron chi connectivity index (χ2n) is 5.02. The van der Waals surface area contributed by atoms with Crippen molar-refractivity contribution in [1.82, 2.24) is 0 Å². The molecule has 1 aliphatic heterocycles. The molecule has 1 aromatic rings. The lowest BCUT2D eigenvalue weighted by Crippen LogP contribution is -2.28. The zero-order valence-electron chi connectivity index (χ0n) is 11.0. The maximum atomic E-state index is 6.32. The summed E-state index contributed by atoms with van der Waals surface area (Å²) in [5.41, 5.74) is 7.95. The van der Waals surface area contributed by atoms with Gasteiger partial charge in [-0.25, -0.2) is 0 Å². The van der Waals surface area contributed by atoms with E-state index < -0.39 is 0 Å². The Hall–Kier alpha value is -0.770. The van der Waals surface area contributed by atoms with Gasteiger partial charge in [0, 0.05) is 26.2 Å². The molecule has 1 saturated heterocycles. The molecule has 0 radical (unpaired) electrons. The molecule has 0 bridgehead atoms. The van der Waals surface area contributed by atoms with Crippen molar-refractivity contribution in [3.8, 4) is 0 Å². The van der Waals surface area contributed by atoms with Crippen molar-refractivity contribution in [1.29, 1.82) is 0 Å². The summed E-state index contributed by atoms with van der Waals surface area (Å²) in [6.07, 6.45) is 2.63. The van der Waals surface area contributed by atoms with Crippen LogP contribution in [0, 0.1) is 0 Å². The Balaban J connectivity index is 2.07. The normalized spacial score (nSPS) is 21.0. The summed E-state index contributed by atoms with van der Waals surface area (Å²) in [5.74, 6) is 0. The molecule has 0 aliphatic carbocycles. The van der Waals surface area contributed by atoms with E-state index in [1.807, 2.05) is 25.1 Å². The minimum atomic E-state index is 0.0139. The van der Waals surface area contributed by atoms with Gasteiger partial charge in [0.2, 0.25) is 0 Å². The zero-order valence-corrected chi connectivity index (χ0v) is 11.8. The Bertz CT molecular complexity index is 403. The summed E-state index contributed by atoms with van der Waals surface area (Å²) in [7, 11) is 2.05. The fourth-order valence-corrected chi connectivity index (χ4v) is 2.64. The highest BCUT2D eigenvalue weighted by Gasteiger charge is 2.18. The first-order chi connectivity index (χ1) is 8.58. The average molecular weight is 269 g/mol. The lowest BCUT2D eigenvalue weighted by molar-refractivity contribution is 0.116. The highest BCUT2D eigenvalue weighted by Crippen LogP contribution is 2.28. The Morgan fingerprint density at radius 1 is 1.56 bits per heavy atom. The molecular weight excluding hydrogens is 248 g/mol. The predicted molar refractivity (Wildman–Crippen MR) is 76.3 cm³/mol. The summed E-state index contributed by atoms with van der Waals surface area (Å²) in [5, 5.41) is 0.755. The van der Waals surface area contributed by atoms with Crippen molar-refractivity contribution < 1.29 is 4.74 Å². The fraction of sp³-hybridized carbons (Fsp3) is 0.571. The molecule has 18 heavy (non-hydrogen) atoms. The van der Waals surface area contributed by atoms with Gasteiger partial charge in [0.1, 0.15) is 0 Å². The first-order valence-corrected chi connectivity index (χ1v) is 6.83. The van der Waals surface area contributed by atoms with E-state index in [0.717, 1.165) is 42.3 Å². The summed E-state index contributed by atoms with van der Waals surface area (Å²) in [6, 6.07) is 6.04. The van der Waals surface area contributed by atoms with Gasteiger partial charge in [0.25, 0.3) is 0 Å². The average Bonchev–Trinajstić information content (AvgIpc) is 2.81. The Kier molecular flexibility index (Phi) is 4.49. The molecular formula is C14H21ClN2O. The third-order valence-electron chi connectivity index (χ3n) is 3.41. The number of nitrogens with two attached hydrogens (primary N) is 1. The standard InChI is InChI=1S/C14H21ClN2O/c1-10(16)11-5-6-14(13(15)8-11)17(2)9-12-4-3-7-18-12/h5-6,8,10,12H,3-4,7,9,16H2,1-2H3/t10-,12?/m0/s1. The summed E-state index contributed by atoms with van der Waals surface area (Å²) < 4.78 is 5.64. The second-order valence-corrected chi connectivity index (χ2v) is 5.42. The van der Waals surface area contributed by atoms with Crippen LogP contribution in [-0.2, 0) is 4.74 Å². The third kappa shape index (κ3) is 3.16. The largest absolute Gasteiger partial charge is 0.376 e. The zero-order chi connectivity index (χ0) is 13.1. The van der Waals surface area contributed by atoms with Gasteiger partial charge in [-0.05, 0) is 37.5 Å². The highest BCUT2D eigenvalue weighted by molar-refractivity contribution is 6.33. The number of anilines is 1. The third-order valence-corrected chi connectivity index (χ3v) is 3.71. The molecule has 2 N–H and O–H groups in total. The molecule has 1 aromatic carbocycles. The van der Waals surface area contributed by atoms with Gasteiger partial charge in [0.05, 0.1) is 16.8 Å². The van der Waals surface area contributed by atoms with Crippen LogP contribution in [0.5, 0.6) is 0 Å². The summed E-state index contributed by atoms with van der Waals surface area (Å²) in [4.78, 5) is 2.16. The number of nitrogens with zero attached hydrogens (tertiary/aromatic N) is 1. The molecule has 0 aromatic heterocycles. The number of hydrogen-bond acceptors (Lipinski definition) is 3. The number of halogens is 1. The van der Waals surface area contributed by atoms with Gasteiger partial charge in [-0.2, -0.15) is 0 Å². The SMILES string of the molecule is C[C@H](N)c1ccc(N(C)CC2CCCO2)c(Cl)c1. The van der Waals surface area contributed by atoms with Crippen molar-refractivity contribution in [2.45, 2.75) is 31.9 Å². The van der Waals surface area contributed by atoms with E-state index in [9.17, 15) is 0 Å². The minimum Gasteiger partial charge on any atom is -0.376 e. The molecule has 0 amide bonds. The lowest BCUT2D eigenvalue weighted by Gasteiger charge is -2.24. The number of benzene rings is 1. The molecule has 4 heteroatoms. The lowest BCUT2D eigenvalue weighted by atomic mass is 10.1. The van der Waals surface area contributed by atoms with Crippen LogP contribution < -0.4 is 10.6 Å².